The average molecular weight is 395 g/mol. The van der Waals surface area contributed by atoms with Crippen molar-refractivity contribution >= 4 is 33.2 Å². The van der Waals surface area contributed by atoms with E-state index in [0.717, 1.165) is 22.4 Å². The van der Waals surface area contributed by atoms with Gasteiger partial charge in [0.05, 0.1) is 0 Å². The maximum Gasteiger partial charge on any atom is 0.253 e. The number of thiophene rings is 1. The van der Waals surface area contributed by atoms with Crippen LogP contribution >= 0.6 is 27.3 Å². The third-order valence-corrected chi connectivity index (χ3v) is 5.50. The van der Waals surface area contributed by atoms with E-state index in [1.54, 1.807) is 11.3 Å². The van der Waals surface area contributed by atoms with Gasteiger partial charge < -0.3 is 10.0 Å². The number of aliphatic hydroxyl groups excluding tert-OH is 1. The van der Waals surface area contributed by atoms with E-state index in [1.165, 1.54) is 0 Å². The smallest absolute Gasteiger partial charge is 0.253 e. The minimum Gasteiger partial charge on any atom is -0.386 e. The lowest BCUT2D eigenvalue weighted by Gasteiger charge is -2.35. The van der Waals surface area contributed by atoms with Gasteiger partial charge in [0.2, 0.25) is 0 Å². The Balaban J connectivity index is 1.53. The number of aliphatic hydroxyl groups is 1. The molecule has 1 aliphatic rings. The van der Waals surface area contributed by atoms with Gasteiger partial charge >= 0.3 is 0 Å². The van der Waals surface area contributed by atoms with E-state index in [-0.39, 0.29) is 5.91 Å². The van der Waals surface area contributed by atoms with Crippen molar-refractivity contribution in [1.82, 2.24) is 9.80 Å². The van der Waals surface area contributed by atoms with Crippen LogP contribution in [0.1, 0.15) is 21.3 Å². The summed E-state index contributed by atoms with van der Waals surface area (Å²) in [5.74, 6) is 0.0738. The van der Waals surface area contributed by atoms with Gasteiger partial charge in [-0.05, 0) is 29.6 Å². The molecule has 1 atom stereocenters. The Bertz CT molecular complexity index is 654. The molecule has 0 aliphatic carbocycles. The lowest BCUT2D eigenvalue weighted by Crippen LogP contribution is -2.49. The van der Waals surface area contributed by atoms with Gasteiger partial charge in [-0.25, -0.2) is 0 Å². The van der Waals surface area contributed by atoms with Crippen LogP contribution in [0.2, 0.25) is 0 Å². The van der Waals surface area contributed by atoms with Crippen molar-refractivity contribution in [1.29, 1.82) is 0 Å². The zero-order valence-corrected chi connectivity index (χ0v) is 15.1. The van der Waals surface area contributed by atoms with Crippen molar-refractivity contribution in [3.63, 3.8) is 0 Å². The van der Waals surface area contributed by atoms with Gasteiger partial charge in [-0.1, -0.05) is 28.1 Å². The highest BCUT2D eigenvalue weighted by Crippen LogP contribution is 2.21. The average Bonchev–Trinajstić information content (AvgIpc) is 3.09. The maximum atomic E-state index is 12.5. The number of hydrogen-bond donors (Lipinski definition) is 1. The van der Waals surface area contributed by atoms with Crippen LogP contribution in [0, 0.1) is 0 Å². The normalized spacial score (nSPS) is 17.2. The van der Waals surface area contributed by atoms with Crippen molar-refractivity contribution < 1.29 is 9.90 Å². The molecule has 2 aromatic rings. The van der Waals surface area contributed by atoms with Gasteiger partial charge in [-0.3, -0.25) is 9.69 Å². The molecule has 6 heteroatoms. The van der Waals surface area contributed by atoms with Crippen LogP contribution in [-0.4, -0.2) is 53.5 Å². The molecule has 0 saturated carbocycles. The largest absolute Gasteiger partial charge is 0.386 e. The Morgan fingerprint density at radius 2 is 2.00 bits per heavy atom. The summed E-state index contributed by atoms with van der Waals surface area (Å²) in [4.78, 5) is 17.6. The molecule has 1 N–H and O–H groups in total. The molecule has 0 bridgehead atoms. The molecule has 1 aromatic carbocycles. The van der Waals surface area contributed by atoms with Crippen molar-refractivity contribution in [3.8, 4) is 0 Å². The molecule has 1 fully saturated rings. The summed E-state index contributed by atoms with van der Waals surface area (Å²) >= 11 is 4.98. The van der Waals surface area contributed by atoms with Gasteiger partial charge in [-0.2, -0.15) is 0 Å². The molecule has 2 heterocycles. The number of piperazine rings is 1. The third-order valence-electron chi connectivity index (χ3n) is 4.03. The second-order valence-corrected chi connectivity index (χ2v) is 7.53. The van der Waals surface area contributed by atoms with Crippen LogP contribution in [0.15, 0.2) is 46.3 Å². The summed E-state index contributed by atoms with van der Waals surface area (Å²) in [5, 5.41) is 12.2. The van der Waals surface area contributed by atoms with E-state index in [4.69, 9.17) is 0 Å². The van der Waals surface area contributed by atoms with E-state index in [0.29, 0.717) is 25.2 Å². The fourth-order valence-electron chi connectivity index (χ4n) is 2.75. The summed E-state index contributed by atoms with van der Waals surface area (Å²) in [6.45, 7) is 3.61. The Morgan fingerprint density at radius 3 is 2.65 bits per heavy atom. The molecule has 4 nitrogen and oxygen atoms in total. The Morgan fingerprint density at radius 1 is 1.22 bits per heavy atom. The van der Waals surface area contributed by atoms with Crippen molar-refractivity contribution in [2.45, 2.75) is 6.10 Å². The lowest BCUT2D eigenvalue weighted by molar-refractivity contribution is 0.0533. The van der Waals surface area contributed by atoms with E-state index in [9.17, 15) is 9.90 Å². The van der Waals surface area contributed by atoms with Crippen LogP contribution in [-0.2, 0) is 0 Å². The summed E-state index contributed by atoms with van der Waals surface area (Å²) in [5.41, 5.74) is 0.714. The molecule has 1 unspecified atom stereocenters. The van der Waals surface area contributed by atoms with E-state index < -0.39 is 6.10 Å². The first-order chi connectivity index (χ1) is 11.1. The Hall–Kier alpha value is -1.21. The number of amides is 1. The molecule has 122 valence electrons. The molecule has 0 spiro atoms. The van der Waals surface area contributed by atoms with Gasteiger partial charge in [0.25, 0.3) is 5.91 Å². The number of benzene rings is 1. The summed E-state index contributed by atoms with van der Waals surface area (Å²) < 4.78 is 0.918. The summed E-state index contributed by atoms with van der Waals surface area (Å²) in [6, 6.07) is 11.4. The van der Waals surface area contributed by atoms with E-state index >= 15 is 0 Å². The molecular weight excluding hydrogens is 376 g/mol. The molecule has 0 radical (unpaired) electrons. The lowest BCUT2D eigenvalue weighted by atomic mass is 10.1. The standard InChI is InChI=1S/C17H19BrN2O2S/c18-14-4-1-3-13(11-14)17(22)20-8-6-19(7-9-20)12-15(21)16-5-2-10-23-16/h1-5,10-11,15,21H,6-9,12H2. The van der Waals surface area contributed by atoms with Crippen LogP contribution in [0.5, 0.6) is 0 Å². The highest BCUT2D eigenvalue weighted by molar-refractivity contribution is 9.10. The Kier molecular flexibility index (Phi) is 5.48. The monoisotopic (exact) mass is 394 g/mol. The quantitative estimate of drug-likeness (QED) is 0.866. The molecule has 1 aromatic heterocycles. The Labute approximate surface area is 148 Å². The van der Waals surface area contributed by atoms with Gasteiger partial charge in [-0.15, -0.1) is 11.3 Å². The summed E-state index contributed by atoms with van der Waals surface area (Å²) in [6.07, 6.45) is -0.442. The molecule has 3 rings (SSSR count). The summed E-state index contributed by atoms with van der Waals surface area (Å²) in [7, 11) is 0. The number of halogens is 1. The third kappa shape index (κ3) is 4.20. The van der Waals surface area contributed by atoms with E-state index in [2.05, 4.69) is 20.8 Å². The number of nitrogens with zero attached hydrogens (tertiary/aromatic N) is 2. The molecular formula is C17H19BrN2O2S. The first kappa shape index (κ1) is 16.6. The van der Waals surface area contributed by atoms with Crippen LogP contribution in [0.4, 0.5) is 0 Å². The molecule has 1 amide bonds. The second kappa shape index (κ2) is 7.57. The predicted octanol–water partition coefficient (Wildman–Crippen LogP) is 3.00. The van der Waals surface area contributed by atoms with E-state index in [1.807, 2.05) is 46.7 Å². The first-order valence-corrected chi connectivity index (χ1v) is 9.29. The topological polar surface area (TPSA) is 43.8 Å². The fourth-order valence-corrected chi connectivity index (χ4v) is 3.86. The number of rotatable bonds is 4. The molecule has 1 aliphatic heterocycles. The number of β-amino-alcohol motifs (C(OH)–C–C–N with tert-alkyl or cyclic N) is 1. The minimum absolute atomic E-state index is 0.0738. The fraction of sp³-hybridized carbons (Fsp3) is 0.353. The van der Waals surface area contributed by atoms with Gasteiger partial charge in [0.1, 0.15) is 6.10 Å². The number of hydrogen-bond acceptors (Lipinski definition) is 4. The van der Waals surface area contributed by atoms with Gasteiger partial charge in [0, 0.05) is 47.6 Å². The molecule has 23 heavy (non-hydrogen) atoms. The number of carbonyl (C=O) groups excluding carboxylic acids is 1. The van der Waals surface area contributed by atoms with Crippen molar-refractivity contribution in [2.75, 3.05) is 32.7 Å². The zero-order valence-electron chi connectivity index (χ0n) is 12.7. The van der Waals surface area contributed by atoms with Gasteiger partial charge in [0.15, 0.2) is 0 Å². The molecule has 1 saturated heterocycles. The van der Waals surface area contributed by atoms with Crippen LogP contribution < -0.4 is 0 Å². The minimum atomic E-state index is -0.442. The van der Waals surface area contributed by atoms with Crippen LogP contribution in [0.25, 0.3) is 0 Å². The van der Waals surface area contributed by atoms with Crippen molar-refractivity contribution in [3.05, 3.63) is 56.7 Å². The number of carbonyl (C=O) groups is 1. The highest BCUT2D eigenvalue weighted by Gasteiger charge is 2.24. The zero-order chi connectivity index (χ0) is 16.2. The first-order valence-electron chi connectivity index (χ1n) is 7.62. The second-order valence-electron chi connectivity index (χ2n) is 5.63. The SMILES string of the molecule is O=C(c1cccc(Br)c1)N1CCN(CC(O)c2cccs2)CC1. The highest BCUT2D eigenvalue weighted by atomic mass is 79.9. The maximum absolute atomic E-state index is 12.5. The predicted molar refractivity (Wildman–Crippen MR) is 95.8 cm³/mol. The van der Waals surface area contributed by atoms with Crippen LogP contribution in [0.3, 0.4) is 0 Å². The van der Waals surface area contributed by atoms with Crippen molar-refractivity contribution in [2.24, 2.45) is 0 Å².